The molecule has 6 heteroatoms. The zero-order chi connectivity index (χ0) is 13.1. The van der Waals surface area contributed by atoms with Crippen LogP contribution in [0.25, 0.3) is 0 Å². The molecular formula is C13H18N4O2. The van der Waals surface area contributed by atoms with E-state index in [0.717, 1.165) is 25.3 Å². The first-order valence-corrected chi connectivity index (χ1v) is 6.79. The Hall–Kier alpha value is -1.69. The van der Waals surface area contributed by atoms with Crippen molar-refractivity contribution in [1.82, 2.24) is 15.3 Å². The Bertz CT molecular complexity index is 438. The molecule has 6 nitrogen and oxygen atoms in total. The Kier molecular flexibility index (Phi) is 3.59. The summed E-state index contributed by atoms with van der Waals surface area (Å²) in [5.74, 6) is 0.541. The average Bonchev–Trinajstić information content (AvgIpc) is 3.09. The Morgan fingerprint density at radius 2 is 2.21 bits per heavy atom. The van der Waals surface area contributed by atoms with Gasteiger partial charge in [0.1, 0.15) is 11.5 Å². The van der Waals surface area contributed by atoms with Gasteiger partial charge in [0, 0.05) is 19.2 Å². The highest BCUT2D eigenvalue weighted by molar-refractivity contribution is 5.92. The first-order chi connectivity index (χ1) is 9.31. The van der Waals surface area contributed by atoms with E-state index >= 15 is 0 Å². The lowest BCUT2D eigenvalue weighted by molar-refractivity contribution is 0.0853. The number of nitrogens with zero attached hydrogens (tertiary/aromatic N) is 2. The summed E-state index contributed by atoms with van der Waals surface area (Å²) < 4.78 is 5.45. The quantitative estimate of drug-likeness (QED) is 0.826. The Labute approximate surface area is 112 Å². The molecule has 1 aliphatic carbocycles. The summed E-state index contributed by atoms with van der Waals surface area (Å²) in [6.45, 7) is 1.34. The molecule has 19 heavy (non-hydrogen) atoms. The molecule has 0 aromatic carbocycles. The number of ether oxygens (including phenoxy) is 1. The number of aromatic nitrogens is 2. The number of rotatable bonds is 5. The molecule has 1 aliphatic heterocycles. The van der Waals surface area contributed by atoms with Crippen LogP contribution in [0.1, 0.15) is 36.2 Å². The number of carbonyl (C=O) groups excluding carboxylic acids is 1. The topological polar surface area (TPSA) is 76.1 Å². The highest BCUT2D eigenvalue weighted by Gasteiger charge is 2.21. The molecule has 2 N–H and O–H groups in total. The molecule has 1 aromatic rings. The van der Waals surface area contributed by atoms with Crippen molar-refractivity contribution in [1.29, 1.82) is 0 Å². The minimum Gasteiger partial charge on any atom is -0.376 e. The second-order valence-electron chi connectivity index (χ2n) is 5.05. The molecule has 0 bridgehead atoms. The van der Waals surface area contributed by atoms with E-state index in [1.165, 1.54) is 19.0 Å². The van der Waals surface area contributed by atoms with Gasteiger partial charge in [-0.15, -0.1) is 0 Å². The number of hydrogen-bond donors (Lipinski definition) is 2. The average molecular weight is 262 g/mol. The highest BCUT2D eigenvalue weighted by atomic mass is 16.5. The van der Waals surface area contributed by atoms with E-state index in [4.69, 9.17) is 4.74 Å². The number of amides is 1. The summed E-state index contributed by atoms with van der Waals surface area (Å²) in [7, 11) is 0. The molecule has 0 radical (unpaired) electrons. The van der Waals surface area contributed by atoms with Crippen LogP contribution in [-0.4, -0.2) is 41.2 Å². The largest absolute Gasteiger partial charge is 0.376 e. The molecule has 1 unspecified atom stereocenters. The summed E-state index contributed by atoms with van der Waals surface area (Å²) in [6.07, 6.45) is 7.72. The maximum atomic E-state index is 11.9. The third-order valence-corrected chi connectivity index (χ3v) is 3.33. The normalized spacial score (nSPS) is 22.2. The first-order valence-electron chi connectivity index (χ1n) is 6.79. The molecule has 0 spiro atoms. The van der Waals surface area contributed by atoms with E-state index in [2.05, 4.69) is 20.6 Å². The minimum absolute atomic E-state index is 0.146. The van der Waals surface area contributed by atoms with Gasteiger partial charge in [0.2, 0.25) is 0 Å². The molecule has 102 valence electrons. The van der Waals surface area contributed by atoms with Gasteiger partial charge in [-0.25, -0.2) is 9.97 Å². The van der Waals surface area contributed by atoms with Crippen LogP contribution in [0.2, 0.25) is 0 Å². The molecule has 2 heterocycles. The van der Waals surface area contributed by atoms with E-state index < -0.39 is 0 Å². The van der Waals surface area contributed by atoms with Crippen molar-refractivity contribution < 1.29 is 9.53 Å². The fourth-order valence-electron chi connectivity index (χ4n) is 2.06. The lowest BCUT2D eigenvalue weighted by Crippen LogP contribution is -2.32. The van der Waals surface area contributed by atoms with Crippen LogP contribution in [0.15, 0.2) is 12.4 Å². The van der Waals surface area contributed by atoms with Gasteiger partial charge in [-0.1, -0.05) is 0 Å². The van der Waals surface area contributed by atoms with Crippen LogP contribution < -0.4 is 10.6 Å². The molecule has 3 rings (SSSR count). The van der Waals surface area contributed by atoms with Crippen molar-refractivity contribution in [2.45, 2.75) is 37.8 Å². The molecule has 1 atom stereocenters. The molecule has 1 amide bonds. The van der Waals surface area contributed by atoms with Crippen LogP contribution in [0.3, 0.4) is 0 Å². The van der Waals surface area contributed by atoms with Crippen LogP contribution in [0.5, 0.6) is 0 Å². The number of hydrogen-bond acceptors (Lipinski definition) is 5. The highest BCUT2D eigenvalue weighted by Crippen LogP contribution is 2.23. The van der Waals surface area contributed by atoms with Crippen molar-refractivity contribution >= 4 is 11.7 Å². The predicted molar refractivity (Wildman–Crippen MR) is 70.0 cm³/mol. The van der Waals surface area contributed by atoms with Crippen LogP contribution in [0, 0.1) is 0 Å². The zero-order valence-electron chi connectivity index (χ0n) is 10.8. The second-order valence-corrected chi connectivity index (χ2v) is 5.05. The van der Waals surface area contributed by atoms with Crippen molar-refractivity contribution in [2.24, 2.45) is 0 Å². The third-order valence-electron chi connectivity index (χ3n) is 3.33. The first kappa shape index (κ1) is 12.3. The van der Waals surface area contributed by atoms with Crippen molar-refractivity contribution in [3.8, 4) is 0 Å². The van der Waals surface area contributed by atoms with E-state index in [9.17, 15) is 4.79 Å². The van der Waals surface area contributed by atoms with E-state index in [0.29, 0.717) is 18.3 Å². The van der Waals surface area contributed by atoms with Crippen LogP contribution in [-0.2, 0) is 4.74 Å². The van der Waals surface area contributed by atoms with E-state index in [1.54, 1.807) is 6.20 Å². The lowest BCUT2D eigenvalue weighted by Gasteiger charge is -2.10. The number of carbonyl (C=O) groups is 1. The summed E-state index contributed by atoms with van der Waals surface area (Å²) >= 11 is 0. The van der Waals surface area contributed by atoms with Gasteiger partial charge in [0.15, 0.2) is 0 Å². The van der Waals surface area contributed by atoms with Gasteiger partial charge in [-0.2, -0.15) is 0 Å². The summed E-state index contributed by atoms with van der Waals surface area (Å²) in [6, 6.07) is 0.536. The van der Waals surface area contributed by atoms with Gasteiger partial charge < -0.3 is 15.4 Å². The Morgan fingerprint density at radius 1 is 1.32 bits per heavy atom. The number of anilines is 1. The smallest absolute Gasteiger partial charge is 0.271 e. The van der Waals surface area contributed by atoms with Gasteiger partial charge in [-0.3, -0.25) is 4.79 Å². The molecule has 1 saturated heterocycles. The van der Waals surface area contributed by atoms with E-state index in [-0.39, 0.29) is 12.0 Å². The summed E-state index contributed by atoms with van der Waals surface area (Å²) in [5.41, 5.74) is 0.347. The molecule has 1 saturated carbocycles. The fraction of sp³-hybridized carbons (Fsp3) is 0.615. The minimum atomic E-state index is -0.194. The second kappa shape index (κ2) is 5.52. The SMILES string of the molecule is O=C(NCC1CCCO1)c1cnc(NC2CC2)cn1. The molecule has 2 aliphatic rings. The molecule has 2 fully saturated rings. The van der Waals surface area contributed by atoms with Crippen LogP contribution in [0.4, 0.5) is 5.82 Å². The van der Waals surface area contributed by atoms with Crippen molar-refractivity contribution in [3.05, 3.63) is 18.1 Å². The summed E-state index contributed by atoms with van der Waals surface area (Å²) in [4.78, 5) is 20.2. The zero-order valence-corrected chi connectivity index (χ0v) is 10.8. The standard InChI is InChI=1S/C13H18N4O2/c18-13(16-6-10-2-1-5-19-10)11-7-15-12(8-14-11)17-9-3-4-9/h7-10H,1-6H2,(H,15,17)(H,16,18). The van der Waals surface area contributed by atoms with Crippen LogP contribution >= 0.6 is 0 Å². The predicted octanol–water partition coefficient (Wildman–Crippen LogP) is 0.960. The Balaban J connectivity index is 1.50. The summed E-state index contributed by atoms with van der Waals surface area (Å²) in [5, 5.41) is 6.06. The Morgan fingerprint density at radius 3 is 2.84 bits per heavy atom. The third kappa shape index (κ3) is 3.41. The number of nitrogens with one attached hydrogen (secondary N) is 2. The maximum absolute atomic E-state index is 11.9. The van der Waals surface area contributed by atoms with Gasteiger partial charge >= 0.3 is 0 Å². The lowest BCUT2D eigenvalue weighted by atomic mass is 10.2. The monoisotopic (exact) mass is 262 g/mol. The molecule has 1 aromatic heterocycles. The fourth-order valence-corrected chi connectivity index (χ4v) is 2.06. The van der Waals surface area contributed by atoms with Gasteiger partial charge in [0.25, 0.3) is 5.91 Å². The van der Waals surface area contributed by atoms with Crippen molar-refractivity contribution in [2.75, 3.05) is 18.5 Å². The van der Waals surface area contributed by atoms with E-state index in [1.807, 2.05) is 0 Å². The van der Waals surface area contributed by atoms with Crippen molar-refractivity contribution in [3.63, 3.8) is 0 Å². The maximum Gasteiger partial charge on any atom is 0.271 e. The van der Waals surface area contributed by atoms with Gasteiger partial charge in [0.05, 0.1) is 18.5 Å². The molecular weight excluding hydrogens is 244 g/mol. The van der Waals surface area contributed by atoms with Gasteiger partial charge in [-0.05, 0) is 25.7 Å².